The van der Waals surface area contributed by atoms with Gasteiger partial charge in [-0.2, -0.15) is 0 Å². The molecule has 1 aliphatic heterocycles. The summed E-state index contributed by atoms with van der Waals surface area (Å²) in [5.74, 6) is 0.915. The Morgan fingerprint density at radius 1 is 1.24 bits per heavy atom. The molecule has 1 aromatic heterocycles. The van der Waals surface area contributed by atoms with Gasteiger partial charge in [-0.05, 0) is 43.2 Å². The number of methoxy groups -OCH3 is 2. The van der Waals surface area contributed by atoms with E-state index in [1.807, 2.05) is 0 Å². The lowest BCUT2D eigenvalue weighted by Gasteiger charge is -2.16. The summed E-state index contributed by atoms with van der Waals surface area (Å²) in [5.41, 5.74) is 0.905. The monoisotopic (exact) mass is 489 g/mol. The zero-order valence-electron chi connectivity index (χ0n) is 18.3. The lowest BCUT2D eigenvalue weighted by Crippen LogP contribution is -2.29. The largest absolute Gasteiger partial charge is 0.493 e. The number of nitrogens with zero attached hydrogens (tertiary/aromatic N) is 2. The van der Waals surface area contributed by atoms with Crippen molar-refractivity contribution in [3.05, 3.63) is 51.8 Å². The third-order valence-corrected chi connectivity index (χ3v) is 6.50. The third-order valence-electron chi connectivity index (χ3n) is 5.29. The first-order chi connectivity index (χ1) is 16.0. The Morgan fingerprint density at radius 3 is 2.79 bits per heavy atom. The fourth-order valence-corrected chi connectivity index (χ4v) is 4.65. The van der Waals surface area contributed by atoms with Crippen LogP contribution in [0.15, 0.2) is 46.3 Å². The number of aromatic nitrogens is 2. The first-order valence-electron chi connectivity index (χ1n) is 10.4. The van der Waals surface area contributed by atoms with E-state index in [4.69, 9.17) is 25.8 Å². The molecule has 0 bridgehead atoms. The van der Waals surface area contributed by atoms with Gasteiger partial charge in [0, 0.05) is 23.4 Å². The van der Waals surface area contributed by atoms with Gasteiger partial charge in [0.1, 0.15) is 0 Å². The summed E-state index contributed by atoms with van der Waals surface area (Å²) < 4.78 is 17.8. The number of benzene rings is 2. The zero-order valence-corrected chi connectivity index (χ0v) is 19.9. The van der Waals surface area contributed by atoms with Crippen LogP contribution >= 0.6 is 23.4 Å². The van der Waals surface area contributed by atoms with Gasteiger partial charge in [0.15, 0.2) is 16.7 Å². The maximum absolute atomic E-state index is 13.2. The molecule has 1 fully saturated rings. The second kappa shape index (κ2) is 10.5. The molecular weight excluding hydrogens is 466 g/mol. The Bertz CT molecular complexity index is 1230. The van der Waals surface area contributed by atoms with Crippen molar-refractivity contribution in [3.63, 3.8) is 0 Å². The highest BCUT2D eigenvalue weighted by molar-refractivity contribution is 7.99. The molecule has 2 heterocycles. The van der Waals surface area contributed by atoms with Crippen molar-refractivity contribution >= 4 is 45.9 Å². The minimum absolute atomic E-state index is 0.0470. The number of anilines is 1. The fourth-order valence-electron chi connectivity index (χ4n) is 3.68. The van der Waals surface area contributed by atoms with Crippen LogP contribution in [-0.4, -0.2) is 48.1 Å². The summed E-state index contributed by atoms with van der Waals surface area (Å²) in [5, 5.41) is 4.26. The molecule has 0 radical (unpaired) electrons. The molecule has 0 spiro atoms. The van der Waals surface area contributed by atoms with E-state index in [1.54, 1.807) is 48.1 Å². The van der Waals surface area contributed by atoms with Crippen LogP contribution in [0.4, 0.5) is 5.69 Å². The molecule has 8 nitrogen and oxygen atoms in total. The number of ether oxygens (including phenoxy) is 3. The molecule has 0 aliphatic carbocycles. The second-order valence-electron chi connectivity index (χ2n) is 7.51. The van der Waals surface area contributed by atoms with Gasteiger partial charge in [-0.25, -0.2) is 4.98 Å². The van der Waals surface area contributed by atoms with Crippen molar-refractivity contribution in [3.8, 4) is 11.5 Å². The Labute approximate surface area is 200 Å². The number of fused-ring (bicyclic) bond motifs is 1. The summed E-state index contributed by atoms with van der Waals surface area (Å²) in [4.78, 5) is 30.5. The topological polar surface area (TPSA) is 91.7 Å². The summed E-state index contributed by atoms with van der Waals surface area (Å²) in [6.45, 7) is 1.08. The van der Waals surface area contributed by atoms with Crippen LogP contribution in [0, 0.1) is 0 Å². The molecule has 3 aromatic rings. The van der Waals surface area contributed by atoms with Crippen LogP contribution in [0.5, 0.6) is 11.5 Å². The molecule has 174 valence electrons. The normalized spacial score (nSPS) is 15.5. The molecule has 1 N–H and O–H groups in total. The Hall–Kier alpha value is -2.75. The first kappa shape index (κ1) is 23.4. The molecule has 1 amide bonds. The molecule has 10 heteroatoms. The third kappa shape index (κ3) is 5.43. The molecule has 0 saturated carbocycles. The number of carbonyl (C=O) groups excluding carboxylic acids is 1. The molecule has 1 unspecified atom stereocenters. The minimum atomic E-state index is -0.240. The van der Waals surface area contributed by atoms with Crippen molar-refractivity contribution in [1.82, 2.24) is 9.55 Å². The van der Waals surface area contributed by atoms with Crippen molar-refractivity contribution in [1.29, 1.82) is 0 Å². The summed E-state index contributed by atoms with van der Waals surface area (Å²) in [6, 6.07) is 10.1. The van der Waals surface area contributed by atoms with Gasteiger partial charge in [0.05, 0.1) is 43.5 Å². The predicted molar refractivity (Wildman–Crippen MR) is 129 cm³/mol. The van der Waals surface area contributed by atoms with Crippen LogP contribution in [0.2, 0.25) is 5.02 Å². The lowest BCUT2D eigenvalue weighted by molar-refractivity contribution is -0.113. The average molecular weight is 490 g/mol. The zero-order chi connectivity index (χ0) is 23.4. The van der Waals surface area contributed by atoms with Crippen LogP contribution < -0.4 is 20.3 Å². The van der Waals surface area contributed by atoms with E-state index >= 15 is 0 Å². The molecule has 1 aliphatic rings. The number of halogens is 1. The van der Waals surface area contributed by atoms with Crippen LogP contribution in [-0.2, 0) is 16.1 Å². The quantitative estimate of drug-likeness (QED) is 0.378. The fraction of sp³-hybridized carbons (Fsp3) is 0.348. The van der Waals surface area contributed by atoms with Gasteiger partial charge in [-0.3, -0.25) is 14.2 Å². The Balaban J connectivity index is 1.55. The van der Waals surface area contributed by atoms with Gasteiger partial charge in [0.2, 0.25) is 5.91 Å². The van der Waals surface area contributed by atoms with Crippen molar-refractivity contribution in [2.75, 3.05) is 31.9 Å². The number of hydrogen-bond acceptors (Lipinski definition) is 7. The maximum Gasteiger partial charge on any atom is 0.262 e. The average Bonchev–Trinajstić information content (AvgIpc) is 3.32. The highest BCUT2D eigenvalue weighted by Crippen LogP contribution is 2.30. The van der Waals surface area contributed by atoms with Gasteiger partial charge >= 0.3 is 0 Å². The van der Waals surface area contributed by atoms with Gasteiger partial charge in [0.25, 0.3) is 5.56 Å². The van der Waals surface area contributed by atoms with E-state index in [2.05, 4.69) is 10.3 Å². The van der Waals surface area contributed by atoms with E-state index in [-0.39, 0.29) is 23.3 Å². The van der Waals surface area contributed by atoms with Crippen molar-refractivity contribution in [2.45, 2.75) is 30.6 Å². The second-order valence-corrected chi connectivity index (χ2v) is 8.89. The number of thioether (sulfide) groups is 1. The van der Waals surface area contributed by atoms with Gasteiger partial charge < -0.3 is 19.5 Å². The molecule has 2 aromatic carbocycles. The van der Waals surface area contributed by atoms with Gasteiger partial charge in [-0.15, -0.1) is 0 Å². The van der Waals surface area contributed by atoms with E-state index in [9.17, 15) is 9.59 Å². The van der Waals surface area contributed by atoms with Crippen LogP contribution in [0.3, 0.4) is 0 Å². The Morgan fingerprint density at radius 2 is 2.06 bits per heavy atom. The number of rotatable bonds is 8. The molecule has 1 saturated heterocycles. The summed E-state index contributed by atoms with van der Waals surface area (Å²) in [7, 11) is 3.08. The predicted octanol–water partition coefficient (Wildman–Crippen LogP) is 3.98. The minimum Gasteiger partial charge on any atom is -0.493 e. The number of amides is 1. The number of nitrogens with one attached hydrogen (secondary N) is 1. The van der Waals surface area contributed by atoms with E-state index in [0.717, 1.165) is 12.8 Å². The SMILES string of the molecule is COc1ccc(NC(=O)CSc2nc3cc(Cl)ccc3c(=O)n2CC2CCCO2)cc1OC. The molecule has 4 rings (SSSR count). The Kier molecular flexibility index (Phi) is 7.42. The highest BCUT2D eigenvalue weighted by atomic mass is 35.5. The summed E-state index contributed by atoms with van der Waals surface area (Å²) in [6.07, 6.45) is 1.80. The van der Waals surface area contributed by atoms with Gasteiger partial charge in [-0.1, -0.05) is 23.4 Å². The molecule has 1 atom stereocenters. The number of carbonyl (C=O) groups is 1. The van der Waals surface area contributed by atoms with E-state index < -0.39 is 0 Å². The molecule has 33 heavy (non-hydrogen) atoms. The van der Waals surface area contributed by atoms with Crippen LogP contribution in [0.25, 0.3) is 10.9 Å². The summed E-state index contributed by atoms with van der Waals surface area (Å²) >= 11 is 7.30. The van der Waals surface area contributed by atoms with Crippen LogP contribution in [0.1, 0.15) is 12.8 Å². The lowest BCUT2D eigenvalue weighted by atomic mass is 10.2. The van der Waals surface area contributed by atoms with Crippen molar-refractivity contribution < 1.29 is 19.0 Å². The number of hydrogen-bond donors (Lipinski definition) is 1. The standard InChI is InChI=1S/C23H24ClN3O5S/c1-30-19-8-6-15(11-20(19)31-2)25-21(28)13-33-23-26-18-10-14(24)5-7-17(18)22(29)27(23)12-16-4-3-9-32-16/h5-8,10-11,16H,3-4,9,12-13H2,1-2H3,(H,25,28). The highest BCUT2D eigenvalue weighted by Gasteiger charge is 2.21. The van der Waals surface area contributed by atoms with E-state index in [0.29, 0.717) is 51.4 Å². The smallest absolute Gasteiger partial charge is 0.262 e. The van der Waals surface area contributed by atoms with Crippen molar-refractivity contribution in [2.24, 2.45) is 0 Å². The molecular formula is C23H24ClN3O5S. The maximum atomic E-state index is 13.2. The first-order valence-corrected chi connectivity index (χ1v) is 11.8. The van der Waals surface area contributed by atoms with E-state index in [1.165, 1.54) is 18.9 Å².